The van der Waals surface area contributed by atoms with Crippen LogP contribution in [0.4, 0.5) is 4.79 Å². The molecule has 0 aliphatic carbocycles. The number of fused-ring (bicyclic) bond motifs is 3. The molecule has 3 aliphatic heterocycles. The summed E-state index contributed by atoms with van der Waals surface area (Å²) in [6.07, 6.45) is 5.90. The minimum absolute atomic E-state index is 0.0376. The molecule has 3 fully saturated rings. The number of thiophene rings is 1. The van der Waals surface area contributed by atoms with Gasteiger partial charge in [0, 0.05) is 30.2 Å². The molecule has 1 aromatic heterocycles. The first-order valence-corrected chi connectivity index (χ1v) is 9.58. The lowest BCUT2D eigenvalue weighted by Gasteiger charge is -2.51. The van der Waals surface area contributed by atoms with E-state index in [0.717, 1.165) is 35.3 Å². The number of ether oxygens (including phenoxy) is 1. The fourth-order valence-corrected chi connectivity index (χ4v) is 4.76. The Morgan fingerprint density at radius 1 is 1.38 bits per heavy atom. The Morgan fingerprint density at radius 3 is 2.79 bits per heavy atom. The Hall–Kier alpha value is -1.59. The Balaban J connectivity index is 1.64. The van der Waals surface area contributed by atoms with Gasteiger partial charge in [-0.3, -0.25) is 4.90 Å². The van der Waals surface area contributed by atoms with Crippen LogP contribution in [0.5, 0.6) is 0 Å². The zero-order chi connectivity index (χ0) is 17.0. The fourth-order valence-electron chi connectivity index (χ4n) is 4.04. The molecule has 1 aromatic rings. The smallest absolute Gasteiger partial charge is 0.410 e. The lowest BCUT2D eigenvalue weighted by atomic mass is 9.83. The number of amides is 1. The first-order chi connectivity index (χ1) is 11.7. The van der Waals surface area contributed by atoms with E-state index in [-0.39, 0.29) is 12.2 Å². The molecular formula is C19H27N2O2S+. The van der Waals surface area contributed by atoms with Crippen molar-refractivity contribution < 1.29 is 14.0 Å². The molecule has 4 heterocycles. The third kappa shape index (κ3) is 3.73. The maximum atomic E-state index is 12.7. The number of nitrogens with zero attached hydrogens (tertiary/aromatic N) is 2. The van der Waals surface area contributed by atoms with E-state index < -0.39 is 0 Å². The molecule has 3 aliphatic rings. The molecule has 5 heteroatoms. The predicted molar refractivity (Wildman–Crippen MR) is 97.8 cm³/mol. The monoisotopic (exact) mass is 347 g/mol. The number of hydrogen-bond donors (Lipinski definition) is 0. The fraction of sp³-hybridized carbons (Fsp3) is 0.526. The van der Waals surface area contributed by atoms with E-state index in [1.54, 1.807) is 22.3 Å². The largest absolute Gasteiger partial charge is 0.440 e. The average Bonchev–Trinajstić information content (AvgIpc) is 3.08. The van der Waals surface area contributed by atoms with Crippen LogP contribution in [0.15, 0.2) is 42.8 Å². The van der Waals surface area contributed by atoms with Gasteiger partial charge in [-0.25, -0.2) is 4.79 Å². The lowest BCUT2D eigenvalue weighted by Crippen LogP contribution is -2.64. The van der Waals surface area contributed by atoms with Crippen LogP contribution >= 0.6 is 11.3 Å². The van der Waals surface area contributed by atoms with Crippen molar-refractivity contribution in [1.29, 1.82) is 0 Å². The molecule has 130 valence electrons. The van der Waals surface area contributed by atoms with Crippen LogP contribution in [0.2, 0.25) is 0 Å². The molecule has 4 rings (SSSR count). The molecule has 3 saturated heterocycles. The van der Waals surface area contributed by atoms with Crippen LogP contribution in [0.3, 0.4) is 0 Å². The highest BCUT2D eigenvalue weighted by molar-refractivity contribution is 7.09. The van der Waals surface area contributed by atoms with Gasteiger partial charge in [-0.05, 0) is 17.5 Å². The summed E-state index contributed by atoms with van der Waals surface area (Å²) in [4.78, 5) is 15.6. The summed E-state index contributed by atoms with van der Waals surface area (Å²) >= 11 is 1.66. The van der Waals surface area contributed by atoms with Gasteiger partial charge in [0.25, 0.3) is 0 Å². The molecule has 0 unspecified atom stereocenters. The van der Waals surface area contributed by atoms with Crippen molar-refractivity contribution in [2.45, 2.75) is 25.5 Å². The predicted octanol–water partition coefficient (Wildman–Crippen LogP) is 3.67. The Labute approximate surface area is 148 Å². The summed E-state index contributed by atoms with van der Waals surface area (Å²) in [6.45, 7) is 13.1. The minimum Gasteiger partial charge on any atom is -0.440 e. The molecule has 0 radical (unpaired) electrons. The van der Waals surface area contributed by atoms with Crippen molar-refractivity contribution in [3.63, 3.8) is 0 Å². The average molecular weight is 348 g/mol. The van der Waals surface area contributed by atoms with E-state index in [1.165, 1.54) is 13.1 Å². The second-order valence-electron chi connectivity index (χ2n) is 6.95. The highest BCUT2D eigenvalue weighted by Gasteiger charge is 2.47. The van der Waals surface area contributed by atoms with Gasteiger partial charge in [0.1, 0.15) is 6.54 Å². The van der Waals surface area contributed by atoms with Crippen molar-refractivity contribution in [1.82, 2.24) is 4.90 Å². The van der Waals surface area contributed by atoms with Crippen LogP contribution < -0.4 is 0 Å². The van der Waals surface area contributed by atoms with Crippen LogP contribution in [0, 0.1) is 5.92 Å². The normalized spacial score (nSPS) is 28.3. The Bertz CT molecular complexity index is 576. The first-order valence-electron chi connectivity index (χ1n) is 8.70. The molecule has 1 atom stereocenters. The van der Waals surface area contributed by atoms with E-state index in [2.05, 4.69) is 13.2 Å². The number of piperidine rings is 3. The second kappa shape index (κ2) is 7.53. The van der Waals surface area contributed by atoms with Crippen molar-refractivity contribution in [2.75, 3.05) is 32.7 Å². The summed E-state index contributed by atoms with van der Waals surface area (Å²) < 4.78 is 6.99. The summed E-state index contributed by atoms with van der Waals surface area (Å²) in [7, 11) is 0. The number of carbonyl (C=O) groups is 1. The van der Waals surface area contributed by atoms with E-state index in [0.29, 0.717) is 19.0 Å². The molecule has 0 saturated carbocycles. The van der Waals surface area contributed by atoms with Gasteiger partial charge >= 0.3 is 6.09 Å². The van der Waals surface area contributed by atoms with Crippen LogP contribution in [-0.4, -0.2) is 54.3 Å². The van der Waals surface area contributed by atoms with Gasteiger partial charge < -0.3 is 9.22 Å². The van der Waals surface area contributed by atoms with Crippen LogP contribution in [0.1, 0.15) is 17.7 Å². The molecule has 0 N–H and O–H groups in total. The maximum absolute atomic E-state index is 12.7. The third-order valence-corrected chi connectivity index (χ3v) is 6.21. The summed E-state index contributed by atoms with van der Waals surface area (Å²) in [5.41, 5.74) is 0. The van der Waals surface area contributed by atoms with Crippen molar-refractivity contribution in [3.8, 4) is 0 Å². The van der Waals surface area contributed by atoms with Crippen molar-refractivity contribution in [2.24, 2.45) is 5.92 Å². The topological polar surface area (TPSA) is 29.5 Å². The van der Waals surface area contributed by atoms with Gasteiger partial charge in [0.2, 0.25) is 0 Å². The van der Waals surface area contributed by atoms with E-state index in [9.17, 15) is 4.79 Å². The van der Waals surface area contributed by atoms with E-state index in [1.807, 2.05) is 23.6 Å². The number of hydrogen-bond acceptors (Lipinski definition) is 3. The zero-order valence-electron chi connectivity index (χ0n) is 14.2. The quantitative estimate of drug-likeness (QED) is 0.556. The van der Waals surface area contributed by atoms with Gasteiger partial charge in [-0.2, -0.15) is 0 Å². The molecular weight excluding hydrogens is 320 g/mol. The zero-order valence-corrected chi connectivity index (χ0v) is 15.0. The highest BCUT2D eigenvalue weighted by Crippen LogP contribution is 2.35. The molecule has 2 bridgehead atoms. The highest BCUT2D eigenvalue weighted by atomic mass is 32.1. The molecule has 0 spiro atoms. The van der Waals surface area contributed by atoms with Crippen molar-refractivity contribution >= 4 is 17.4 Å². The molecule has 24 heavy (non-hydrogen) atoms. The van der Waals surface area contributed by atoms with Gasteiger partial charge in [0.15, 0.2) is 6.10 Å². The van der Waals surface area contributed by atoms with Crippen LogP contribution in [0.25, 0.3) is 0 Å². The maximum Gasteiger partial charge on any atom is 0.410 e. The third-order valence-electron chi connectivity index (χ3n) is 5.34. The van der Waals surface area contributed by atoms with Gasteiger partial charge in [0.05, 0.1) is 26.2 Å². The first kappa shape index (κ1) is 17.2. The number of quaternary nitrogens is 1. The van der Waals surface area contributed by atoms with E-state index in [4.69, 9.17) is 4.74 Å². The van der Waals surface area contributed by atoms with Crippen molar-refractivity contribution in [3.05, 3.63) is 47.7 Å². The summed E-state index contributed by atoms with van der Waals surface area (Å²) in [6, 6.07) is 4.06. The Kier molecular flexibility index (Phi) is 5.41. The number of carbonyl (C=O) groups excluding carboxylic acids is 1. The molecule has 4 nitrogen and oxygen atoms in total. The molecule has 1 amide bonds. The van der Waals surface area contributed by atoms with Crippen LogP contribution in [-0.2, 0) is 11.3 Å². The lowest BCUT2D eigenvalue weighted by molar-refractivity contribution is -0.941. The van der Waals surface area contributed by atoms with Gasteiger partial charge in [-0.1, -0.05) is 18.7 Å². The Morgan fingerprint density at radius 2 is 2.17 bits per heavy atom. The number of rotatable bonds is 7. The standard InChI is InChI=1S/C19H27N2O2S/c1-3-9-20(14-17-6-5-13-24-17)19(22)23-18-15-21(10-4-2)11-7-16(18)8-12-21/h3-6,13,16,18H,1-2,7-12,14-15H2/q+1/t16?,18-,21?/m0/s1. The van der Waals surface area contributed by atoms with Gasteiger partial charge in [-0.15, -0.1) is 17.9 Å². The SMILES string of the molecule is C=CCN(Cc1cccs1)C(=O)O[C@H]1C[N+]2(CC=C)CCC1CC2. The second-order valence-corrected chi connectivity index (χ2v) is 7.98. The minimum atomic E-state index is -0.209. The van der Waals surface area contributed by atoms with E-state index >= 15 is 0 Å². The summed E-state index contributed by atoms with van der Waals surface area (Å²) in [5.74, 6) is 0.520. The molecule has 0 aromatic carbocycles. The summed E-state index contributed by atoms with van der Waals surface area (Å²) in [5, 5.41) is 2.03.